The molecule has 112 valence electrons. The predicted molar refractivity (Wildman–Crippen MR) is 85.0 cm³/mol. The molecule has 0 saturated heterocycles. The third-order valence-electron chi connectivity index (χ3n) is 2.87. The van der Waals surface area contributed by atoms with Gasteiger partial charge in [0.15, 0.2) is 0 Å². The van der Waals surface area contributed by atoms with Crippen molar-refractivity contribution in [3.63, 3.8) is 0 Å². The summed E-state index contributed by atoms with van der Waals surface area (Å²) in [6.45, 7) is 4.76. The highest BCUT2D eigenvalue weighted by Gasteiger charge is 2.14. The maximum absolute atomic E-state index is 12.3. The summed E-state index contributed by atoms with van der Waals surface area (Å²) in [6, 6.07) is 10.2. The zero-order chi connectivity index (χ0) is 15.3. The molecule has 0 unspecified atom stereocenters. The molecule has 0 atom stereocenters. The van der Waals surface area contributed by atoms with Gasteiger partial charge in [-0.2, -0.15) is 0 Å². The number of hydrogen-bond donors (Lipinski definition) is 2. The Hall–Kier alpha value is -2.08. The van der Waals surface area contributed by atoms with E-state index in [-0.39, 0.29) is 4.90 Å². The second-order valence-corrected chi connectivity index (χ2v) is 6.46. The predicted octanol–water partition coefficient (Wildman–Crippen LogP) is 3.01. The molecule has 0 aliphatic carbocycles. The van der Waals surface area contributed by atoms with Gasteiger partial charge >= 0.3 is 0 Å². The topological polar surface area (TPSA) is 71.1 Å². The molecule has 0 aliphatic heterocycles. The minimum absolute atomic E-state index is 0.246. The van der Waals surface area contributed by atoms with Crippen molar-refractivity contribution in [2.24, 2.45) is 0 Å². The summed E-state index contributed by atoms with van der Waals surface area (Å²) in [5.74, 6) is 0.732. The lowest BCUT2D eigenvalue weighted by atomic mass is 10.2. The third kappa shape index (κ3) is 4.19. The van der Waals surface area contributed by atoms with Gasteiger partial charge in [-0.15, -0.1) is 0 Å². The van der Waals surface area contributed by atoms with Gasteiger partial charge in [-0.1, -0.05) is 19.1 Å². The van der Waals surface area contributed by atoms with Crippen molar-refractivity contribution < 1.29 is 8.42 Å². The highest BCUT2D eigenvalue weighted by Crippen LogP contribution is 2.17. The smallest absolute Gasteiger partial charge is 0.261 e. The van der Waals surface area contributed by atoms with Crippen molar-refractivity contribution in [3.05, 3.63) is 48.2 Å². The fraction of sp³-hybridized carbons (Fsp3) is 0.267. The molecular formula is C15H19N3O2S. The van der Waals surface area contributed by atoms with E-state index in [0.29, 0.717) is 5.69 Å². The quantitative estimate of drug-likeness (QED) is 0.860. The van der Waals surface area contributed by atoms with Gasteiger partial charge in [-0.25, -0.2) is 13.4 Å². The Kier molecular flexibility index (Phi) is 4.80. The van der Waals surface area contributed by atoms with E-state index in [2.05, 4.69) is 21.9 Å². The van der Waals surface area contributed by atoms with Crippen LogP contribution in [0.5, 0.6) is 0 Å². The lowest BCUT2D eigenvalue weighted by molar-refractivity contribution is 0.601. The summed E-state index contributed by atoms with van der Waals surface area (Å²) >= 11 is 0. The molecule has 0 radical (unpaired) electrons. The van der Waals surface area contributed by atoms with Gasteiger partial charge < -0.3 is 5.32 Å². The van der Waals surface area contributed by atoms with Crippen LogP contribution < -0.4 is 10.0 Å². The van der Waals surface area contributed by atoms with E-state index < -0.39 is 10.0 Å². The van der Waals surface area contributed by atoms with Gasteiger partial charge in [-0.05, 0) is 43.2 Å². The van der Waals surface area contributed by atoms with Gasteiger partial charge in [0.25, 0.3) is 10.0 Å². The van der Waals surface area contributed by atoms with Crippen LogP contribution in [0.4, 0.5) is 11.5 Å². The minimum Gasteiger partial charge on any atom is -0.370 e. The Morgan fingerprint density at radius 2 is 2.00 bits per heavy atom. The second kappa shape index (κ2) is 6.58. The largest absolute Gasteiger partial charge is 0.370 e. The molecule has 0 saturated carbocycles. The Balaban J connectivity index is 2.13. The molecule has 6 heteroatoms. The lowest BCUT2D eigenvalue weighted by Gasteiger charge is -2.09. The highest BCUT2D eigenvalue weighted by molar-refractivity contribution is 7.92. The van der Waals surface area contributed by atoms with E-state index in [0.717, 1.165) is 24.3 Å². The maximum Gasteiger partial charge on any atom is 0.261 e. The molecular weight excluding hydrogens is 286 g/mol. The molecule has 1 heterocycles. The summed E-state index contributed by atoms with van der Waals surface area (Å²) in [5, 5.41) is 3.14. The summed E-state index contributed by atoms with van der Waals surface area (Å²) in [6.07, 6.45) is 2.51. The molecule has 0 bridgehead atoms. The first kappa shape index (κ1) is 15.3. The first-order valence-corrected chi connectivity index (χ1v) is 8.29. The Morgan fingerprint density at radius 3 is 2.62 bits per heavy atom. The van der Waals surface area contributed by atoms with Crippen molar-refractivity contribution in [2.45, 2.75) is 25.2 Å². The first-order valence-electron chi connectivity index (χ1n) is 6.80. The second-order valence-electron chi connectivity index (χ2n) is 4.78. The molecule has 5 nitrogen and oxygen atoms in total. The van der Waals surface area contributed by atoms with Crippen LogP contribution in [0.2, 0.25) is 0 Å². The van der Waals surface area contributed by atoms with Crippen LogP contribution in [-0.4, -0.2) is 19.9 Å². The van der Waals surface area contributed by atoms with Crippen LogP contribution in [0.25, 0.3) is 0 Å². The molecule has 0 amide bonds. The lowest BCUT2D eigenvalue weighted by Crippen LogP contribution is -2.13. The van der Waals surface area contributed by atoms with Crippen molar-refractivity contribution in [1.29, 1.82) is 0 Å². The van der Waals surface area contributed by atoms with Crippen molar-refractivity contribution in [2.75, 3.05) is 16.6 Å². The number of benzene rings is 1. The zero-order valence-electron chi connectivity index (χ0n) is 12.1. The van der Waals surface area contributed by atoms with Crippen molar-refractivity contribution >= 4 is 21.5 Å². The van der Waals surface area contributed by atoms with Crippen LogP contribution in [0, 0.1) is 6.92 Å². The molecule has 21 heavy (non-hydrogen) atoms. The van der Waals surface area contributed by atoms with Crippen LogP contribution in [0.1, 0.15) is 18.9 Å². The van der Waals surface area contributed by atoms with E-state index in [1.807, 2.05) is 13.0 Å². The van der Waals surface area contributed by atoms with Gasteiger partial charge in [0.05, 0.1) is 16.8 Å². The minimum atomic E-state index is -3.58. The van der Waals surface area contributed by atoms with Crippen LogP contribution in [0.15, 0.2) is 47.5 Å². The third-order valence-corrected chi connectivity index (χ3v) is 4.25. The number of aryl methyl sites for hydroxylation is 1. The van der Waals surface area contributed by atoms with Gasteiger partial charge in [0.1, 0.15) is 5.82 Å². The zero-order valence-corrected chi connectivity index (χ0v) is 12.9. The number of rotatable bonds is 6. The Bertz CT molecular complexity index is 697. The number of nitrogens with one attached hydrogen (secondary N) is 2. The molecule has 2 rings (SSSR count). The number of sulfonamides is 1. The number of pyridine rings is 1. The number of aromatic nitrogens is 1. The van der Waals surface area contributed by atoms with E-state index >= 15 is 0 Å². The fourth-order valence-corrected chi connectivity index (χ4v) is 2.96. The Morgan fingerprint density at radius 1 is 1.19 bits per heavy atom. The standard InChI is InChI=1S/C15H19N3O2S/c1-3-9-16-15-8-7-13(11-17-15)18-21(19,20)14-6-4-5-12(2)10-14/h4-8,10-11,18H,3,9H2,1-2H3,(H,16,17). The first-order chi connectivity index (χ1) is 10.0. The Labute approximate surface area is 125 Å². The summed E-state index contributed by atoms with van der Waals surface area (Å²) in [5.41, 5.74) is 1.34. The number of nitrogens with zero attached hydrogens (tertiary/aromatic N) is 1. The molecule has 1 aromatic heterocycles. The van der Waals surface area contributed by atoms with E-state index in [1.165, 1.54) is 6.20 Å². The molecule has 1 aromatic carbocycles. The normalized spacial score (nSPS) is 11.1. The van der Waals surface area contributed by atoms with Crippen LogP contribution in [-0.2, 0) is 10.0 Å². The van der Waals surface area contributed by atoms with Gasteiger partial charge in [0, 0.05) is 6.54 Å². The molecule has 2 aromatic rings. The summed E-state index contributed by atoms with van der Waals surface area (Å²) < 4.78 is 27.0. The van der Waals surface area contributed by atoms with E-state index in [1.54, 1.807) is 30.3 Å². The average molecular weight is 305 g/mol. The summed E-state index contributed by atoms with van der Waals surface area (Å²) in [7, 11) is -3.58. The fourth-order valence-electron chi connectivity index (χ4n) is 1.81. The molecule has 0 fully saturated rings. The van der Waals surface area contributed by atoms with Crippen LogP contribution >= 0.6 is 0 Å². The summed E-state index contributed by atoms with van der Waals surface area (Å²) in [4.78, 5) is 4.42. The van der Waals surface area contributed by atoms with Crippen molar-refractivity contribution in [3.8, 4) is 0 Å². The highest BCUT2D eigenvalue weighted by atomic mass is 32.2. The average Bonchev–Trinajstić information content (AvgIpc) is 2.46. The van der Waals surface area contributed by atoms with E-state index in [9.17, 15) is 8.42 Å². The van der Waals surface area contributed by atoms with Gasteiger partial charge in [-0.3, -0.25) is 4.72 Å². The number of anilines is 2. The van der Waals surface area contributed by atoms with E-state index in [4.69, 9.17) is 0 Å². The van der Waals surface area contributed by atoms with Gasteiger partial charge in [0.2, 0.25) is 0 Å². The molecule has 0 aliphatic rings. The van der Waals surface area contributed by atoms with Crippen molar-refractivity contribution in [1.82, 2.24) is 4.98 Å². The monoisotopic (exact) mass is 305 g/mol. The molecule has 0 spiro atoms. The maximum atomic E-state index is 12.3. The SMILES string of the molecule is CCCNc1ccc(NS(=O)(=O)c2cccc(C)c2)cn1. The van der Waals surface area contributed by atoms with Crippen LogP contribution in [0.3, 0.4) is 0 Å². The number of hydrogen-bond acceptors (Lipinski definition) is 4. The molecule has 2 N–H and O–H groups in total.